The van der Waals surface area contributed by atoms with E-state index in [1.807, 2.05) is 5.51 Å². The Morgan fingerprint density at radius 1 is 1.15 bits per heavy atom. The molecule has 2 atom stereocenters. The fraction of sp³-hybridized carbons (Fsp3) is 0.389. The second-order valence-corrected chi connectivity index (χ2v) is 9.89. The zero-order chi connectivity index (χ0) is 19.0. The third-order valence-corrected chi connectivity index (χ3v) is 6.97. The Kier molecular flexibility index (Phi) is 4.83. The highest BCUT2D eigenvalue weighted by Crippen LogP contribution is 2.27. The highest BCUT2D eigenvalue weighted by molar-refractivity contribution is 7.91. The lowest BCUT2D eigenvalue weighted by Gasteiger charge is -2.38. The highest BCUT2D eigenvalue weighted by Gasteiger charge is 2.23. The molecule has 0 bridgehead atoms. The Hall–Kier alpha value is -2.10. The molecule has 1 aromatic carbocycles. The van der Waals surface area contributed by atoms with Crippen molar-refractivity contribution in [2.24, 2.45) is 0 Å². The van der Waals surface area contributed by atoms with Crippen molar-refractivity contribution in [2.75, 3.05) is 37.3 Å². The van der Waals surface area contributed by atoms with Crippen molar-refractivity contribution in [3.05, 3.63) is 41.7 Å². The van der Waals surface area contributed by atoms with Crippen molar-refractivity contribution in [3.63, 3.8) is 0 Å². The van der Waals surface area contributed by atoms with Gasteiger partial charge in [-0.1, -0.05) is 6.07 Å². The first-order valence-corrected chi connectivity index (χ1v) is 11.6. The summed E-state index contributed by atoms with van der Waals surface area (Å²) in [6, 6.07) is 6.87. The van der Waals surface area contributed by atoms with Crippen molar-refractivity contribution in [3.8, 4) is 0 Å². The second-order valence-electron chi connectivity index (χ2n) is 6.84. The van der Waals surface area contributed by atoms with Gasteiger partial charge in [0.25, 0.3) is 0 Å². The normalized spacial score (nSPS) is 19.1. The molecular formula is C18H22N6OS2. The van der Waals surface area contributed by atoms with Gasteiger partial charge in [0, 0.05) is 50.9 Å². The number of aromatic nitrogens is 3. The van der Waals surface area contributed by atoms with Gasteiger partial charge in [-0.25, -0.2) is 23.9 Å². The molecule has 4 rings (SSSR count). The topological polar surface area (TPSA) is 86.1 Å². The van der Waals surface area contributed by atoms with Crippen LogP contribution in [0.1, 0.15) is 18.5 Å². The summed E-state index contributed by atoms with van der Waals surface area (Å²) >= 11 is 1.67. The van der Waals surface area contributed by atoms with E-state index in [9.17, 15) is 4.21 Å². The van der Waals surface area contributed by atoms with Gasteiger partial charge in [0.2, 0.25) is 5.95 Å². The lowest BCUT2D eigenvalue weighted by Crippen LogP contribution is -2.47. The molecule has 9 heteroatoms. The van der Waals surface area contributed by atoms with Crippen LogP contribution >= 0.6 is 11.3 Å². The molecule has 0 unspecified atom stereocenters. The molecule has 1 N–H and O–H groups in total. The number of nitrogens with one attached hydrogen (secondary N) is 1. The van der Waals surface area contributed by atoms with Gasteiger partial charge < -0.3 is 4.90 Å². The van der Waals surface area contributed by atoms with Crippen LogP contribution < -0.4 is 4.90 Å². The average Bonchev–Trinajstić information content (AvgIpc) is 3.15. The number of rotatable bonds is 4. The average molecular weight is 403 g/mol. The number of thiazole rings is 1. The molecule has 27 heavy (non-hydrogen) atoms. The van der Waals surface area contributed by atoms with Crippen molar-refractivity contribution in [2.45, 2.75) is 17.9 Å². The van der Waals surface area contributed by atoms with Crippen LogP contribution in [0.2, 0.25) is 0 Å². The van der Waals surface area contributed by atoms with E-state index in [0.717, 1.165) is 31.7 Å². The quantitative estimate of drug-likeness (QED) is 0.722. The molecule has 0 amide bonds. The van der Waals surface area contributed by atoms with E-state index >= 15 is 0 Å². The number of anilines is 1. The van der Waals surface area contributed by atoms with Crippen LogP contribution in [0.15, 0.2) is 41.0 Å². The Morgan fingerprint density at radius 2 is 1.85 bits per heavy atom. The number of fused-ring (bicyclic) bond motifs is 1. The zero-order valence-electron chi connectivity index (χ0n) is 15.3. The highest BCUT2D eigenvalue weighted by atomic mass is 32.2. The molecule has 0 aliphatic carbocycles. The minimum atomic E-state index is -2.77. The van der Waals surface area contributed by atoms with E-state index in [-0.39, 0.29) is 0 Å². The second kappa shape index (κ2) is 7.14. The van der Waals surface area contributed by atoms with E-state index in [1.165, 1.54) is 28.9 Å². The van der Waals surface area contributed by atoms with Gasteiger partial charge in [-0.05, 0) is 24.6 Å². The first-order valence-electron chi connectivity index (χ1n) is 8.80. The number of hydrogen-bond donors (Lipinski definition) is 1. The number of nitrogens with zero attached hydrogens (tertiary/aromatic N) is 5. The van der Waals surface area contributed by atoms with Gasteiger partial charge in [-0.15, -0.1) is 11.3 Å². The van der Waals surface area contributed by atoms with Gasteiger partial charge in [-0.3, -0.25) is 4.90 Å². The summed E-state index contributed by atoms with van der Waals surface area (Å²) in [6.07, 6.45) is 4.40. The largest absolute Gasteiger partial charge is 0.338 e. The fourth-order valence-electron chi connectivity index (χ4n) is 3.33. The molecule has 142 valence electrons. The van der Waals surface area contributed by atoms with Gasteiger partial charge in [-0.2, -0.15) is 0 Å². The molecule has 3 heterocycles. The van der Waals surface area contributed by atoms with E-state index in [4.69, 9.17) is 4.78 Å². The van der Waals surface area contributed by atoms with E-state index in [1.54, 1.807) is 11.3 Å². The summed E-state index contributed by atoms with van der Waals surface area (Å²) in [5, 5.41) is 0. The van der Waals surface area contributed by atoms with Crippen LogP contribution in [0.4, 0.5) is 5.95 Å². The summed E-state index contributed by atoms with van der Waals surface area (Å²) in [5.74, 6) is 0.638. The van der Waals surface area contributed by atoms with Crippen LogP contribution in [0.5, 0.6) is 0 Å². The molecule has 0 saturated carbocycles. The van der Waals surface area contributed by atoms with E-state index in [0.29, 0.717) is 16.9 Å². The fourth-order valence-corrected chi connectivity index (χ4v) is 4.50. The first-order chi connectivity index (χ1) is 12.9. The Balaban J connectivity index is 1.42. The molecule has 3 aromatic rings. The van der Waals surface area contributed by atoms with Gasteiger partial charge in [0.1, 0.15) is 0 Å². The smallest absolute Gasteiger partial charge is 0.225 e. The lowest BCUT2D eigenvalue weighted by atomic mass is 10.1. The van der Waals surface area contributed by atoms with Crippen LogP contribution in [0.25, 0.3) is 10.2 Å². The van der Waals surface area contributed by atoms with Gasteiger partial charge in [0.15, 0.2) is 0 Å². The zero-order valence-corrected chi connectivity index (χ0v) is 17.0. The molecule has 1 aliphatic rings. The number of piperazine rings is 1. The first kappa shape index (κ1) is 18.3. The maximum Gasteiger partial charge on any atom is 0.225 e. The van der Waals surface area contributed by atoms with Crippen LogP contribution in [0, 0.1) is 4.78 Å². The van der Waals surface area contributed by atoms with Crippen molar-refractivity contribution >= 4 is 37.2 Å². The minimum absolute atomic E-state index is 0.328. The molecule has 1 fully saturated rings. The monoisotopic (exact) mass is 402 g/mol. The molecular weight excluding hydrogens is 380 g/mol. The number of hydrogen-bond acceptors (Lipinski definition) is 8. The molecule has 0 radical (unpaired) electrons. The predicted octanol–water partition coefficient (Wildman–Crippen LogP) is 3.00. The lowest BCUT2D eigenvalue weighted by molar-refractivity contribution is 0.198. The number of benzene rings is 1. The summed E-state index contributed by atoms with van der Waals surface area (Å²) in [4.78, 5) is 18.0. The van der Waals surface area contributed by atoms with Gasteiger partial charge in [0.05, 0.1) is 30.4 Å². The third kappa shape index (κ3) is 3.80. The van der Waals surface area contributed by atoms with Crippen molar-refractivity contribution in [1.29, 1.82) is 4.78 Å². The maximum absolute atomic E-state index is 11.8. The van der Waals surface area contributed by atoms with Crippen molar-refractivity contribution in [1.82, 2.24) is 19.9 Å². The van der Waals surface area contributed by atoms with Gasteiger partial charge >= 0.3 is 0 Å². The molecule has 0 spiro atoms. The summed E-state index contributed by atoms with van der Waals surface area (Å²) < 4.78 is 20.6. The molecule has 1 aliphatic heterocycles. The Bertz CT molecular complexity index is 1040. The van der Waals surface area contributed by atoms with Crippen molar-refractivity contribution < 1.29 is 4.21 Å². The summed E-state index contributed by atoms with van der Waals surface area (Å²) in [6.45, 7) is 5.76. The Morgan fingerprint density at radius 3 is 2.52 bits per heavy atom. The summed E-state index contributed by atoms with van der Waals surface area (Å²) in [7, 11) is -2.77. The molecule has 7 nitrogen and oxygen atoms in total. The standard InChI is InChI=1S/C18H22N6OS2/c1-13(14-3-4-17-16(9-14)22-12-26-17)23-5-7-24(8-6-23)18-20-10-15(11-21-18)27(2,19)25/h3-4,9-13,19H,5-8H2,1-2H3/t13-,27+/m0/s1. The minimum Gasteiger partial charge on any atom is -0.338 e. The van der Waals surface area contributed by atoms with Crippen LogP contribution in [-0.2, 0) is 9.73 Å². The van der Waals surface area contributed by atoms with Crippen LogP contribution in [0.3, 0.4) is 0 Å². The van der Waals surface area contributed by atoms with E-state index < -0.39 is 9.73 Å². The SMILES string of the molecule is C[C@@H](c1ccc2scnc2c1)N1CCN(c2ncc([S@](C)(=N)=O)cn2)CC1. The van der Waals surface area contributed by atoms with Crippen LogP contribution in [-0.4, -0.2) is 56.5 Å². The Labute approximate surface area is 163 Å². The maximum atomic E-state index is 11.8. The predicted molar refractivity (Wildman–Crippen MR) is 109 cm³/mol. The third-order valence-electron chi connectivity index (χ3n) is 5.05. The summed E-state index contributed by atoms with van der Waals surface area (Å²) in [5.41, 5.74) is 4.25. The molecule has 2 aromatic heterocycles. The molecule has 1 saturated heterocycles. The van der Waals surface area contributed by atoms with E-state index in [2.05, 4.69) is 49.9 Å².